The SMILES string of the molecule is c1ccc(-c2ncc3n[nH]nc3n2)cc1. The Balaban J connectivity index is 2.19. The molecule has 2 aromatic heterocycles. The molecule has 0 amide bonds. The standard InChI is InChI=1S/C10H7N5/c1-2-4-7(5-3-1)9-11-6-8-10(12-9)14-15-13-8/h1-6H,(H,11,12,13,14,15). The average molecular weight is 197 g/mol. The van der Waals surface area contributed by atoms with Gasteiger partial charge in [-0.15, -0.1) is 5.10 Å². The van der Waals surface area contributed by atoms with Gasteiger partial charge in [-0.05, 0) is 0 Å². The van der Waals surface area contributed by atoms with E-state index in [4.69, 9.17) is 0 Å². The van der Waals surface area contributed by atoms with E-state index in [0.29, 0.717) is 17.0 Å². The lowest BCUT2D eigenvalue weighted by Crippen LogP contribution is -1.88. The first kappa shape index (κ1) is 8.05. The van der Waals surface area contributed by atoms with Gasteiger partial charge in [-0.2, -0.15) is 10.3 Å². The van der Waals surface area contributed by atoms with Gasteiger partial charge in [0.1, 0.15) is 5.52 Å². The topological polar surface area (TPSA) is 67.3 Å². The molecule has 0 saturated carbocycles. The summed E-state index contributed by atoms with van der Waals surface area (Å²) in [6.45, 7) is 0. The molecule has 5 heteroatoms. The van der Waals surface area contributed by atoms with E-state index in [1.807, 2.05) is 30.3 Å². The molecule has 3 rings (SSSR count). The van der Waals surface area contributed by atoms with Crippen LogP contribution in [0.15, 0.2) is 36.5 Å². The zero-order valence-corrected chi connectivity index (χ0v) is 7.75. The molecule has 0 aliphatic rings. The summed E-state index contributed by atoms with van der Waals surface area (Å²) in [5, 5.41) is 10.3. The Hall–Kier alpha value is -2.30. The molecule has 15 heavy (non-hydrogen) atoms. The van der Waals surface area contributed by atoms with E-state index in [2.05, 4.69) is 25.4 Å². The van der Waals surface area contributed by atoms with Crippen LogP contribution in [0, 0.1) is 0 Å². The molecular weight excluding hydrogens is 190 g/mol. The number of aromatic amines is 1. The molecule has 1 N–H and O–H groups in total. The third-order valence-electron chi connectivity index (χ3n) is 2.11. The highest BCUT2D eigenvalue weighted by Gasteiger charge is 2.04. The summed E-state index contributed by atoms with van der Waals surface area (Å²) in [7, 11) is 0. The molecule has 0 fully saturated rings. The molecule has 0 bridgehead atoms. The molecule has 0 aliphatic carbocycles. The summed E-state index contributed by atoms with van der Waals surface area (Å²) in [6.07, 6.45) is 1.66. The Bertz CT molecular complexity index is 587. The van der Waals surface area contributed by atoms with Crippen LogP contribution in [0.4, 0.5) is 0 Å². The number of H-pyrrole nitrogens is 1. The fourth-order valence-electron chi connectivity index (χ4n) is 1.38. The minimum Gasteiger partial charge on any atom is -0.234 e. The number of hydrogen-bond acceptors (Lipinski definition) is 4. The van der Waals surface area contributed by atoms with Crippen molar-refractivity contribution in [2.45, 2.75) is 0 Å². The summed E-state index contributed by atoms with van der Waals surface area (Å²) in [6, 6.07) is 9.78. The quantitative estimate of drug-likeness (QED) is 0.640. The summed E-state index contributed by atoms with van der Waals surface area (Å²) in [4.78, 5) is 8.51. The van der Waals surface area contributed by atoms with Crippen LogP contribution in [-0.4, -0.2) is 25.4 Å². The molecule has 3 aromatic rings. The number of fused-ring (bicyclic) bond motifs is 1. The van der Waals surface area contributed by atoms with Crippen molar-refractivity contribution in [1.82, 2.24) is 25.4 Å². The van der Waals surface area contributed by atoms with Gasteiger partial charge < -0.3 is 0 Å². The van der Waals surface area contributed by atoms with Crippen LogP contribution in [0.2, 0.25) is 0 Å². The molecule has 5 nitrogen and oxygen atoms in total. The fourth-order valence-corrected chi connectivity index (χ4v) is 1.38. The minimum absolute atomic E-state index is 0.587. The highest BCUT2D eigenvalue weighted by Crippen LogP contribution is 2.14. The lowest BCUT2D eigenvalue weighted by molar-refractivity contribution is 0.954. The fraction of sp³-hybridized carbons (Fsp3) is 0. The van der Waals surface area contributed by atoms with Gasteiger partial charge in [0.05, 0.1) is 6.20 Å². The first-order valence-electron chi connectivity index (χ1n) is 4.52. The van der Waals surface area contributed by atoms with Crippen molar-refractivity contribution in [2.24, 2.45) is 0 Å². The van der Waals surface area contributed by atoms with Gasteiger partial charge in [0, 0.05) is 5.56 Å². The Morgan fingerprint density at radius 2 is 1.87 bits per heavy atom. The molecule has 0 atom stereocenters. The van der Waals surface area contributed by atoms with Gasteiger partial charge in [-0.1, -0.05) is 30.3 Å². The highest BCUT2D eigenvalue weighted by molar-refractivity contribution is 5.70. The predicted molar refractivity (Wildman–Crippen MR) is 54.9 cm³/mol. The summed E-state index contributed by atoms with van der Waals surface area (Å²) in [5.74, 6) is 0.664. The van der Waals surface area contributed by atoms with E-state index in [0.717, 1.165) is 5.56 Å². The van der Waals surface area contributed by atoms with Crippen molar-refractivity contribution < 1.29 is 0 Å². The monoisotopic (exact) mass is 197 g/mol. The lowest BCUT2D eigenvalue weighted by atomic mass is 10.2. The number of aromatic nitrogens is 5. The maximum atomic E-state index is 4.29. The van der Waals surface area contributed by atoms with Gasteiger partial charge in [0.25, 0.3) is 0 Å². The molecule has 1 aromatic carbocycles. The third-order valence-corrected chi connectivity index (χ3v) is 2.11. The molecule has 0 unspecified atom stereocenters. The van der Waals surface area contributed by atoms with Crippen molar-refractivity contribution >= 4 is 11.2 Å². The zero-order chi connectivity index (χ0) is 10.1. The Labute approximate surface area is 85.2 Å². The highest BCUT2D eigenvalue weighted by atomic mass is 15.3. The molecule has 2 heterocycles. The minimum atomic E-state index is 0.587. The third kappa shape index (κ3) is 1.34. The van der Waals surface area contributed by atoms with Gasteiger partial charge in [0.15, 0.2) is 5.82 Å². The lowest BCUT2D eigenvalue weighted by Gasteiger charge is -1.97. The zero-order valence-electron chi connectivity index (χ0n) is 7.75. The smallest absolute Gasteiger partial charge is 0.205 e. The van der Waals surface area contributed by atoms with Crippen LogP contribution in [0.3, 0.4) is 0 Å². The Morgan fingerprint density at radius 3 is 2.73 bits per heavy atom. The molecule has 0 aliphatic heterocycles. The number of hydrogen-bond donors (Lipinski definition) is 1. The van der Waals surface area contributed by atoms with E-state index >= 15 is 0 Å². The van der Waals surface area contributed by atoms with Crippen LogP contribution >= 0.6 is 0 Å². The number of rotatable bonds is 1. The van der Waals surface area contributed by atoms with Crippen LogP contribution in [0.1, 0.15) is 0 Å². The summed E-state index contributed by atoms with van der Waals surface area (Å²) in [5.41, 5.74) is 2.24. The van der Waals surface area contributed by atoms with Crippen molar-refractivity contribution in [3.05, 3.63) is 36.5 Å². The van der Waals surface area contributed by atoms with E-state index in [9.17, 15) is 0 Å². The Morgan fingerprint density at radius 1 is 1.00 bits per heavy atom. The second-order valence-electron chi connectivity index (χ2n) is 3.09. The van der Waals surface area contributed by atoms with Crippen molar-refractivity contribution in [1.29, 1.82) is 0 Å². The second-order valence-corrected chi connectivity index (χ2v) is 3.09. The molecule has 0 radical (unpaired) electrons. The maximum Gasteiger partial charge on any atom is 0.205 e. The first-order chi connectivity index (χ1) is 7.43. The predicted octanol–water partition coefficient (Wildman–Crippen LogP) is 1.41. The molecule has 72 valence electrons. The van der Waals surface area contributed by atoms with E-state index < -0.39 is 0 Å². The van der Waals surface area contributed by atoms with Crippen molar-refractivity contribution in [3.63, 3.8) is 0 Å². The maximum absolute atomic E-state index is 4.29. The van der Waals surface area contributed by atoms with Crippen LogP contribution in [0.25, 0.3) is 22.6 Å². The van der Waals surface area contributed by atoms with Gasteiger partial charge in [-0.3, -0.25) is 0 Å². The van der Waals surface area contributed by atoms with Crippen molar-refractivity contribution in [3.8, 4) is 11.4 Å². The van der Waals surface area contributed by atoms with E-state index in [1.165, 1.54) is 0 Å². The molecule has 0 spiro atoms. The van der Waals surface area contributed by atoms with Gasteiger partial charge in [-0.25, -0.2) is 9.97 Å². The second kappa shape index (κ2) is 3.13. The molecule has 0 saturated heterocycles. The number of nitrogens with zero attached hydrogens (tertiary/aromatic N) is 4. The Kier molecular flexibility index (Phi) is 1.68. The molecular formula is C10H7N5. The number of benzene rings is 1. The summed E-state index contributed by atoms with van der Waals surface area (Å²) < 4.78 is 0. The van der Waals surface area contributed by atoms with Gasteiger partial charge >= 0.3 is 0 Å². The van der Waals surface area contributed by atoms with Crippen LogP contribution in [-0.2, 0) is 0 Å². The van der Waals surface area contributed by atoms with E-state index in [1.54, 1.807) is 6.20 Å². The van der Waals surface area contributed by atoms with Crippen molar-refractivity contribution in [2.75, 3.05) is 0 Å². The normalized spacial score (nSPS) is 10.7. The van der Waals surface area contributed by atoms with Gasteiger partial charge in [0.2, 0.25) is 5.65 Å². The number of nitrogens with one attached hydrogen (secondary N) is 1. The first-order valence-corrected chi connectivity index (χ1v) is 4.52. The average Bonchev–Trinajstić information content (AvgIpc) is 2.77. The summed E-state index contributed by atoms with van der Waals surface area (Å²) >= 11 is 0. The largest absolute Gasteiger partial charge is 0.234 e. The van der Waals surface area contributed by atoms with E-state index in [-0.39, 0.29) is 0 Å². The van der Waals surface area contributed by atoms with Crippen LogP contribution < -0.4 is 0 Å². The van der Waals surface area contributed by atoms with Crippen LogP contribution in [0.5, 0.6) is 0 Å².